The lowest BCUT2D eigenvalue weighted by atomic mass is 9.78. The van der Waals surface area contributed by atoms with Crippen LogP contribution in [0.25, 0.3) is 0 Å². The second kappa shape index (κ2) is 9.83. The van der Waals surface area contributed by atoms with Gasteiger partial charge in [0.25, 0.3) is 0 Å². The maximum absolute atomic E-state index is 13.7. The Morgan fingerprint density at radius 2 is 1.85 bits per heavy atom. The third-order valence-electron chi connectivity index (χ3n) is 8.78. The molecule has 0 radical (unpaired) electrons. The number of carbonyl (C=O) groups is 1. The highest BCUT2D eigenvalue weighted by Gasteiger charge is 2.56. The number of hydrogen-bond donors (Lipinski definition) is 3. The number of phenols is 1. The molecule has 3 fully saturated rings. The molecule has 0 amide bonds. The summed E-state index contributed by atoms with van der Waals surface area (Å²) in [5, 5.41) is 17.5. The van der Waals surface area contributed by atoms with E-state index in [2.05, 4.69) is 10.6 Å². The third-order valence-corrected chi connectivity index (χ3v) is 11.2. The van der Waals surface area contributed by atoms with Crippen molar-refractivity contribution in [2.24, 2.45) is 5.41 Å². The number of phenolic OH excluding ortho intramolecular Hbond substituents is 1. The minimum Gasteiger partial charge on any atom is -0.504 e. The summed E-state index contributed by atoms with van der Waals surface area (Å²) < 4.78 is 40.1. The van der Waals surface area contributed by atoms with Crippen LogP contribution in [0.3, 0.4) is 0 Å². The van der Waals surface area contributed by atoms with Gasteiger partial charge in [-0.15, -0.1) is 0 Å². The van der Waals surface area contributed by atoms with E-state index in [4.69, 9.17) is 20.8 Å². The van der Waals surface area contributed by atoms with Crippen molar-refractivity contribution in [1.82, 2.24) is 9.62 Å². The van der Waals surface area contributed by atoms with E-state index in [1.54, 1.807) is 0 Å². The molecule has 2 saturated heterocycles. The van der Waals surface area contributed by atoms with Crippen LogP contribution >= 0.6 is 11.6 Å². The van der Waals surface area contributed by atoms with Crippen molar-refractivity contribution in [3.05, 3.63) is 52.2 Å². The van der Waals surface area contributed by atoms with E-state index in [1.807, 2.05) is 26.0 Å². The summed E-state index contributed by atoms with van der Waals surface area (Å²) in [6.45, 7) is 4.67. The molecular weight excluding hydrogens is 542 g/mol. The molecule has 3 N–H and O–H groups in total. The first kappa shape index (κ1) is 26.7. The Hall–Kier alpha value is -2.53. The third kappa shape index (κ3) is 4.65. The number of fused-ring (bicyclic) bond motifs is 1. The number of Topliss-reactive ketones (excluding diaryl/α,β-unsaturated/α-hetero) is 1. The van der Waals surface area contributed by atoms with E-state index >= 15 is 0 Å². The van der Waals surface area contributed by atoms with Gasteiger partial charge in [0.1, 0.15) is 28.2 Å². The molecule has 1 aromatic carbocycles. The van der Waals surface area contributed by atoms with Crippen LogP contribution in [-0.4, -0.2) is 48.9 Å². The zero-order chi connectivity index (χ0) is 27.5. The molecule has 3 atom stereocenters. The molecule has 11 heteroatoms. The largest absolute Gasteiger partial charge is 0.504 e. The van der Waals surface area contributed by atoms with Gasteiger partial charge in [-0.25, -0.2) is 8.42 Å². The number of piperidine rings is 1. The summed E-state index contributed by atoms with van der Waals surface area (Å²) in [6, 6.07) is 6.49. The van der Waals surface area contributed by atoms with Crippen molar-refractivity contribution in [2.45, 2.75) is 81.9 Å². The van der Waals surface area contributed by atoms with Crippen LogP contribution in [0, 0.1) is 12.3 Å². The normalized spacial score (nSPS) is 25.3. The van der Waals surface area contributed by atoms with Crippen LogP contribution in [0.4, 0.5) is 5.69 Å². The quantitative estimate of drug-likeness (QED) is 0.296. The van der Waals surface area contributed by atoms with Crippen LogP contribution in [-0.2, 0) is 19.6 Å². The first-order valence-electron chi connectivity index (χ1n) is 13.7. The van der Waals surface area contributed by atoms with Crippen LogP contribution in [0.1, 0.15) is 69.4 Å². The summed E-state index contributed by atoms with van der Waals surface area (Å²) in [6.07, 6.45) is 6.01. The fourth-order valence-electron chi connectivity index (χ4n) is 6.42. The van der Waals surface area contributed by atoms with Crippen molar-refractivity contribution >= 4 is 33.1 Å². The number of anilines is 1. The fourth-order valence-corrected chi connectivity index (χ4v) is 8.45. The monoisotopic (exact) mass is 575 g/mol. The number of epoxide rings is 1. The van der Waals surface area contributed by atoms with Gasteiger partial charge in [-0.2, -0.15) is 4.31 Å². The smallest absolute Gasteiger partial charge is 0.248 e. The van der Waals surface area contributed by atoms with Crippen LogP contribution < -0.4 is 10.6 Å². The van der Waals surface area contributed by atoms with Crippen LogP contribution in [0.15, 0.2) is 45.0 Å². The summed E-state index contributed by atoms with van der Waals surface area (Å²) in [5.41, 5.74) is 1.13. The zero-order valence-electron chi connectivity index (χ0n) is 22.1. The number of nitrogens with one attached hydrogen (secondary N) is 2. The van der Waals surface area contributed by atoms with E-state index < -0.39 is 28.0 Å². The average Bonchev–Trinajstić information content (AvgIpc) is 3.24. The Morgan fingerprint density at radius 1 is 1.13 bits per heavy atom. The summed E-state index contributed by atoms with van der Waals surface area (Å²) in [5.74, 6) is 0.762. The van der Waals surface area contributed by atoms with Gasteiger partial charge in [0.2, 0.25) is 15.8 Å². The number of furan rings is 1. The molecule has 2 aromatic rings. The number of aromatic hydroxyl groups is 1. The van der Waals surface area contributed by atoms with Gasteiger partial charge in [0.05, 0.1) is 22.4 Å². The molecule has 2 unspecified atom stereocenters. The standard InChI is InChI=1S/C28H34ClN3O6S/c1-3-18(20-9-6-16(2)37-20)30-22-21(24(34)26-25(22)38-26)31-19-8-7-17(29)27(23(19)33)39(35,36)32-14-12-28(13-15-32)10-4-5-11-28/h6-9,18,25-26,30-31,33H,3-5,10-15H2,1-2H3/t18-,25?,26?/m1/s1. The maximum Gasteiger partial charge on any atom is 0.248 e. The lowest BCUT2D eigenvalue weighted by molar-refractivity contribution is -0.116. The number of sulfonamides is 1. The molecule has 1 aromatic heterocycles. The Bertz CT molecular complexity index is 1440. The Labute approximate surface area is 233 Å². The molecular formula is C28H34ClN3O6S. The molecule has 2 aliphatic heterocycles. The SMILES string of the molecule is CC[C@@H](NC1=C(Nc2ccc(Cl)c(S(=O)(=O)N3CCC4(CCCC4)CC3)c2O)C(=O)C2OC12)c1ccc(C)o1. The number of hydrogen-bond acceptors (Lipinski definition) is 8. The van der Waals surface area contributed by atoms with Crippen molar-refractivity contribution in [3.8, 4) is 5.75 Å². The van der Waals surface area contributed by atoms with Crippen LogP contribution in [0.5, 0.6) is 5.75 Å². The summed E-state index contributed by atoms with van der Waals surface area (Å²) >= 11 is 6.37. The van der Waals surface area contributed by atoms with Crippen molar-refractivity contribution in [2.75, 3.05) is 18.4 Å². The molecule has 6 rings (SSSR count). The number of carbonyl (C=O) groups excluding carboxylic acids is 1. The second-order valence-corrected chi connectivity index (χ2v) is 13.5. The molecule has 9 nitrogen and oxygen atoms in total. The zero-order valence-corrected chi connectivity index (χ0v) is 23.7. The molecule has 3 heterocycles. The minimum atomic E-state index is -4.05. The predicted octanol–water partition coefficient (Wildman–Crippen LogP) is 5.01. The van der Waals surface area contributed by atoms with E-state index in [0.29, 0.717) is 25.2 Å². The van der Waals surface area contributed by atoms with Gasteiger partial charge in [-0.1, -0.05) is 31.4 Å². The number of halogens is 1. The molecule has 0 bridgehead atoms. The summed E-state index contributed by atoms with van der Waals surface area (Å²) in [4.78, 5) is 12.7. The number of ketones is 1. The Morgan fingerprint density at radius 3 is 2.49 bits per heavy atom. The van der Waals surface area contributed by atoms with Crippen molar-refractivity contribution in [3.63, 3.8) is 0 Å². The molecule has 2 aliphatic carbocycles. The summed E-state index contributed by atoms with van der Waals surface area (Å²) in [7, 11) is -4.05. The molecule has 39 heavy (non-hydrogen) atoms. The van der Waals surface area contributed by atoms with Gasteiger partial charge >= 0.3 is 0 Å². The highest BCUT2D eigenvalue weighted by atomic mass is 35.5. The Kier molecular flexibility index (Phi) is 6.73. The van der Waals surface area contributed by atoms with Crippen molar-refractivity contribution < 1.29 is 27.5 Å². The highest BCUT2D eigenvalue weighted by Crippen LogP contribution is 2.48. The van der Waals surface area contributed by atoms with Gasteiger partial charge in [-0.3, -0.25) is 4.79 Å². The maximum atomic E-state index is 13.7. The number of rotatable bonds is 8. The lowest BCUT2D eigenvalue weighted by Gasteiger charge is -2.38. The Balaban J connectivity index is 1.28. The van der Waals surface area contributed by atoms with E-state index in [-0.39, 0.29) is 38.5 Å². The molecule has 4 aliphatic rings. The van der Waals surface area contributed by atoms with Crippen molar-refractivity contribution in [1.29, 1.82) is 0 Å². The average molecular weight is 576 g/mol. The van der Waals surface area contributed by atoms with E-state index in [1.165, 1.54) is 29.3 Å². The number of aryl methyl sites for hydroxylation is 1. The molecule has 1 spiro atoms. The highest BCUT2D eigenvalue weighted by molar-refractivity contribution is 7.89. The number of ether oxygens (including phenoxy) is 1. The predicted molar refractivity (Wildman–Crippen MR) is 146 cm³/mol. The van der Waals surface area contributed by atoms with E-state index in [9.17, 15) is 18.3 Å². The first-order valence-corrected chi connectivity index (χ1v) is 15.5. The lowest BCUT2D eigenvalue weighted by Crippen LogP contribution is -2.42. The molecule has 1 saturated carbocycles. The van der Waals surface area contributed by atoms with Gasteiger partial charge in [0.15, 0.2) is 11.9 Å². The minimum absolute atomic E-state index is 0.0605. The van der Waals surface area contributed by atoms with Crippen LogP contribution in [0.2, 0.25) is 5.02 Å². The van der Waals surface area contributed by atoms with E-state index in [0.717, 1.165) is 37.2 Å². The first-order chi connectivity index (χ1) is 18.6. The second-order valence-electron chi connectivity index (χ2n) is 11.2. The fraction of sp³-hybridized carbons (Fsp3) is 0.536. The van der Waals surface area contributed by atoms with Gasteiger partial charge in [-0.05, 0) is 68.7 Å². The topological polar surface area (TPSA) is 124 Å². The number of nitrogens with zero attached hydrogens (tertiary/aromatic N) is 1. The van der Waals surface area contributed by atoms with Gasteiger partial charge < -0.3 is 24.9 Å². The van der Waals surface area contributed by atoms with Gasteiger partial charge in [0, 0.05) is 13.1 Å². The molecule has 210 valence electrons. The number of benzene rings is 1.